The molecule has 1 atom stereocenters. The topological polar surface area (TPSA) is 123 Å². The lowest BCUT2D eigenvalue weighted by atomic mass is 10.0. The van der Waals surface area contributed by atoms with Gasteiger partial charge in [0.15, 0.2) is 0 Å². The molecule has 1 unspecified atom stereocenters. The van der Waals surface area contributed by atoms with E-state index in [0.29, 0.717) is 46.4 Å². The van der Waals surface area contributed by atoms with Gasteiger partial charge in [-0.05, 0) is 50.3 Å². The van der Waals surface area contributed by atoms with Crippen LogP contribution in [-0.2, 0) is 23.3 Å². The monoisotopic (exact) mass is 533 g/mol. The third-order valence-corrected chi connectivity index (χ3v) is 8.41. The molecule has 0 spiro atoms. The summed E-state index contributed by atoms with van der Waals surface area (Å²) < 4.78 is 13.3. The molecule has 1 saturated heterocycles. The van der Waals surface area contributed by atoms with E-state index in [0.717, 1.165) is 23.0 Å². The first-order valence-corrected chi connectivity index (χ1v) is 13.1. The summed E-state index contributed by atoms with van der Waals surface area (Å²) in [6.07, 6.45) is 4.99. The molecule has 4 heterocycles. The lowest BCUT2D eigenvalue weighted by Crippen LogP contribution is -2.57. The fourth-order valence-corrected chi connectivity index (χ4v) is 6.30. The number of fused-ring (bicyclic) bond motifs is 1. The summed E-state index contributed by atoms with van der Waals surface area (Å²) >= 11 is 1.23. The molecule has 11 heteroatoms. The second-order valence-electron chi connectivity index (χ2n) is 9.39. The standard InChI is InChI=1S/C27H27N5O5S/c1-17-20-23(33)32(27(2,16-28)25(34)30-12-6-7-13-30)26(35)31(14-10-18-8-4-5-9-19(18)36-3)24(20)38-21(17)22-29-11-15-37-22/h4-5,8-9,11,15H,6-7,10,12-14H2,1-3H3. The van der Waals surface area contributed by atoms with Crippen molar-refractivity contribution in [2.75, 3.05) is 20.2 Å². The van der Waals surface area contributed by atoms with Gasteiger partial charge in [0.25, 0.3) is 11.5 Å². The van der Waals surface area contributed by atoms with E-state index in [1.165, 1.54) is 35.3 Å². The van der Waals surface area contributed by atoms with Crippen LogP contribution < -0.4 is 16.0 Å². The molecule has 1 aliphatic heterocycles. The first kappa shape index (κ1) is 25.5. The zero-order valence-corrected chi connectivity index (χ0v) is 22.2. The van der Waals surface area contributed by atoms with Crippen LogP contribution in [0.1, 0.15) is 30.9 Å². The second kappa shape index (κ2) is 9.95. The minimum Gasteiger partial charge on any atom is -0.496 e. The molecule has 0 N–H and O–H groups in total. The van der Waals surface area contributed by atoms with Crippen molar-refractivity contribution in [3.05, 3.63) is 68.7 Å². The predicted molar refractivity (Wildman–Crippen MR) is 142 cm³/mol. The van der Waals surface area contributed by atoms with E-state index >= 15 is 0 Å². The molecule has 196 valence electrons. The Balaban J connectivity index is 1.75. The van der Waals surface area contributed by atoms with E-state index in [-0.39, 0.29) is 11.9 Å². The fraction of sp³-hybridized carbons (Fsp3) is 0.370. The Morgan fingerprint density at radius 3 is 2.66 bits per heavy atom. The zero-order valence-electron chi connectivity index (χ0n) is 21.4. The van der Waals surface area contributed by atoms with Crippen LogP contribution in [0.2, 0.25) is 0 Å². The number of thiophene rings is 1. The smallest absolute Gasteiger partial charge is 0.333 e. The number of amides is 1. The lowest BCUT2D eigenvalue weighted by Gasteiger charge is -2.28. The van der Waals surface area contributed by atoms with Gasteiger partial charge in [-0.2, -0.15) is 5.26 Å². The molecule has 4 aromatic rings. The van der Waals surface area contributed by atoms with Crippen LogP contribution >= 0.6 is 11.3 Å². The number of aromatic nitrogens is 3. The Labute approximate surface area is 222 Å². The van der Waals surface area contributed by atoms with Crippen molar-refractivity contribution < 1.29 is 13.9 Å². The molecule has 1 fully saturated rings. The van der Waals surface area contributed by atoms with E-state index in [2.05, 4.69) is 4.98 Å². The molecule has 38 heavy (non-hydrogen) atoms. The number of ether oxygens (including phenoxy) is 1. The van der Waals surface area contributed by atoms with Gasteiger partial charge < -0.3 is 14.1 Å². The first-order chi connectivity index (χ1) is 18.3. The molecule has 0 aliphatic carbocycles. The van der Waals surface area contributed by atoms with Gasteiger partial charge in [-0.1, -0.05) is 18.2 Å². The highest BCUT2D eigenvalue weighted by Crippen LogP contribution is 2.36. The number of benzene rings is 1. The minimum atomic E-state index is -2.00. The molecule has 1 aromatic carbocycles. The Morgan fingerprint density at radius 2 is 2.00 bits per heavy atom. The zero-order chi connectivity index (χ0) is 27.0. The summed E-state index contributed by atoms with van der Waals surface area (Å²) in [4.78, 5) is 48.4. The average molecular weight is 534 g/mol. The van der Waals surface area contributed by atoms with Crippen LogP contribution in [-0.4, -0.2) is 45.1 Å². The van der Waals surface area contributed by atoms with Crippen molar-refractivity contribution in [2.24, 2.45) is 0 Å². The Kier molecular flexibility index (Phi) is 6.67. The van der Waals surface area contributed by atoms with Gasteiger partial charge in [0.1, 0.15) is 22.9 Å². The first-order valence-electron chi connectivity index (χ1n) is 12.3. The van der Waals surface area contributed by atoms with E-state index in [1.807, 2.05) is 30.3 Å². The number of para-hydroxylation sites is 1. The number of likely N-dealkylation sites (tertiary alicyclic amines) is 1. The Bertz CT molecular complexity index is 1670. The SMILES string of the molecule is COc1ccccc1CCn1c(=O)n(C(C)(C#N)C(=O)N2CCCC2)c(=O)c2c(C)c(-c3ncco3)sc21. The fourth-order valence-electron chi connectivity index (χ4n) is 5.04. The van der Waals surface area contributed by atoms with Crippen molar-refractivity contribution >= 4 is 27.5 Å². The molecule has 10 nitrogen and oxygen atoms in total. The molecular formula is C27H27N5O5S. The number of hydrogen-bond donors (Lipinski definition) is 0. The predicted octanol–water partition coefficient (Wildman–Crippen LogP) is 3.30. The van der Waals surface area contributed by atoms with Crippen molar-refractivity contribution in [1.82, 2.24) is 19.0 Å². The van der Waals surface area contributed by atoms with Gasteiger partial charge in [-0.15, -0.1) is 11.3 Å². The number of carbonyl (C=O) groups excluding carboxylic acids is 1. The van der Waals surface area contributed by atoms with E-state index in [1.54, 1.807) is 18.9 Å². The molecule has 5 rings (SSSR count). The van der Waals surface area contributed by atoms with Gasteiger partial charge in [-0.25, -0.2) is 14.3 Å². The maximum Gasteiger partial charge on any atom is 0.333 e. The summed E-state index contributed by atoms with van der Waals surface area (Å²) in [7, 11) is 1.58. The molecule has 3 aromatic heterocycles. The van der Waals surface area contributed by atoms with Gasteiger partial charge in [0, 0.05) is 19.6 Å². The third kappa shape index (κ3) is 4.01. The van der Waals surface area contributed by atoms with Gasteiger partial charge in [0.05, 0.1) is 23.6 Å². The average Bonchev–Trinajstić information content (AvgIpc) is 3.70. The van der Waals surface area contributed by atoms with E-state index < -0.39 is 22.7 Å². The van der Waals surface area contributed by atoms with Crippen molar-refractivity contribution in [3.8, 4) is 22.6 Å². The van der Waals surface area contributed by atoms with Gasteiger partial charge >= 0.3 is 5.69 Å². The number of carbonyl (C=O) groups is 1. The number of nitrogens with zero attached hydrogens (tertiary/aromatic N) is 5. The minimum absolute atomic E-state index is 0.195. The summed E-state index contributed by atoms with van der Waals surface area (Å²) in [6, 6.07) is 9.49. The van der Waals surface area contributed by atoms with Crippen LogP contribution in [0.15, 0.2) is 50.7 Å². The third-order valence-electron chi connectivity index (χ3n) is 7.11. The summed E-state index contributed by atoms with van der Waals surface area (Å²) in [5.74, 6) is 0.460. The van der Waals surface area contributed by atoms with Crippen molar-refractivity contribution in [3.63, 3.8) is 0 Å². The second-order valence-corrected chi connectivity index (χ2v) is 10.4. The molecule has 1 amide bonds. The molecule has 0 radical (unpaired) electrons. The van der Waals surface area contributed by atoms with E-state index in [9.17, 15) is 19.6 Å². The Morgan fingerprint density at radius 1 is 1.26 bits per heavy atom. The van der Waals surface area contributed by atoms with Gasteiger partial charge in [0.2, 0.25) is 11.4 Å². The van der Waals surface area contributed by atoms with Crippen LogP contribution in [0.3, 0.4) is 0 Å². The van der Waals surface area contributed by atoms with Gasteiger partial charge in [-0.3, -0.25) is 14.2 Å². The lowest BCUT2D eigenvalue weighted by molar-refractivity contribution is -0.136. The maximum absolute atomic E-state index is 14.1. The summed E-state index contributed by atoms with van der Waals surface area (Å²) in [5, 5.41) is 10.5. The normalized spacial score (nSPS) is 14.9. The number of oxazole rings is 1. The number of hydrogen-bond acceptors (Lipinski definition) is 8. The van der Waals surface area contributed by atoms with Crippen LogP contribution in [0.25, 0.3) is 21.0 Å². The number of aryl methyl sites for hydroxylation is 3. The summed E-state index contributed by atoms with van der Waals surface area (Å²) in [6.45, 7) is 4.27. The maximum atomic E-state index is 14.1. The molecule has 0 bridgehead atoms. The Hall–Kier alpha value is -4.17. The van der Waals surface area contributed by atoms with Crippen molar-refractivity contribution in [1.29, 1.82) is 5.26 Å². The summed E-state index contributed by atoms with van der Waals surface area (Å²) in [5.41, 5.74) is -1.94. The number of methoxy groups -OCH3 is 1. The highest BCUT2D eigenvalue weighted by atomic mass is 32.1. The van der Waals surface area contributed by atoms with Crippen LogP contribution in [0.5, 0.6) is 5.75 Å². The molecule has 0 saturated carbocycles. The van der Waals surface area contributed by atoms with Crippen LogP contribution in [0.4, 0.5) is 0 Å². The molecule has 1 aliphatic rings. The number of nitriles is 1. The van der Waals surface area contributed by atoms with Crippen molar-refractivity contribution in [2.45, 2.75) is 45.2 Å². The highest BCUT2D eigenvalue weighted by molar-refractivity contribution is 7.22. The van der Waals surface area contributed by atoms with Crippen LogP contribution in [0, 0.1) is 18.3 Å². The van der Waals surface area contributed by atoms with E-state index in [4.69, 9.17) is 9.15 Å². The quantitative estimate of drug-likeness (QED) is 0.357. The molecular weight excluding hydrogens is 506 g/mol. The highest BCUT2D eigenvalue weighted by Gasteiger charge is 2.43. The largest absolute Gasteiger partial charge is 0.496 e. The number of rotatable bonds is 7.